The summed E-state index contributed by atoms with van der Waals surface area (Å²) in [5.74, 6) is 2.00. The van der Waals surface area contributed by atoms with Crippen LogP contribution in [0.2, 0.25) is 0 Å². The smallest absolute Gasteiger partial charge is 0.263 e. The lowest BCUT2D eigenvalue weighted by Crippen LogP contribution is -2.35. The molecule has 2 aromatic heterocycles. The number of carbonyl (C=O) groups is 1. The van der Waals surface area contributed by atoms with Gasteiger partial charge in [-0.3, -0.25) is 19.1 Å². The number of allylic oxidation sites excluding steroid dienone is 1. The number of pyridine rings is 1. The van der Waals surface area contributed by atoms with Gasteiger partial charge in [0.1, 0.15) is 11.5 Å². The van der Waals surface area contributed by atoms with Crippen LogP contribution >= 0.6 is 0 Å². The van der Waals surface area contributed by atoms with Crippen molar-refractivity contribution in [2.24, 2.45) is 16.8 Å². The molecule has 0 radical (unpaired) electrons. The van der Waals surface area contributed by atoms with Gasteiger partial charge in [0.2, 0.25) is 5.95 Å². The summed E-state index contributed by atoms with van der Waals surface area (Å²) in [5.41, 5.74) is 1.24. The van der Waals surface area contributed by atoms with Gasteiger partial charge in [0.15, 0.2) is 5.78 Å². The summed E-state index contributed by atoms with van der Waals surface area (Å²) < 4.78 is 1.74. The Morgan fingerprint density at radius 3 is 2.56 bits per heavy atom. The normalized spacial score (nSPS) is 19.4. The largest absolute Gasteiger partial charge is 0.309 e. The number of anilines is 1. The Morgan fingerprint density at radius 1 is 1.25 bits per heavy atom. The van der Waals surface area contributed by atoms with Crippen LogP contribution < -0.4 is 10.9 Å². The molecular weight excluding hydrogens is 452 g/mol. The molecule has 1 unspecified atom stereocenters. The number of amidine groups is 1. The summed E-state index contributed by atoms with van der Waals surface area (Å²) in [7, 11) is 1.75. The third-order valence-corrected chi connectivity index (χ3v) is 8.11. The molecule has 2 fully saturated rings. The zero-order chi connectivity index (χ0) is 25.8. The first-order valence-electron chi connectivity index (χ1n) is 13.4. The van der Waals surface area contributed by atoms with E-state index in [0.29, 0.717) is 34.8 Å². The topological polar surface area (TPSA) is 92.5 Å². The zero-order valence-electron chi connectivity index (χ0n) is 22.4. The van der Waals surface area contributed by atoms with Crippen LogP contribution in [0.15, 0.2) is 28.1 Å². The highest BCUT2D eigenvalue weighted by Gasteiger charge is 2.26. The summed E-state index contributed by atoms with van der Waals surface area (Å²) in [6.07, 6.45) is 12.4. The maximum Gasteiger partial charge on any atom is 0.263 e. The zero-order valence-corrected chi connectivity index (χ0v) is 22.4. The Bertz CT molecular complexity index is 1220. The van der Waals surface area contributed by atoms with E-state index in [1.165, 1.54) is 32.9 Å². The van der Waals surface area contributed by atoms with Gasteiger partial charge in [-0.25, -0.2) is 4.98 Å². The molecule has 1 aliphatic carbocycles. The Balaban J connectivity index is 1.60. The van der Waals surface area contributed by atoms with Gasteiger partial charge in [-0.05, 0) is 82.6 Å². The van der Waals surface area contributed by atoms with Crippen molar-refractivity contribution in [3.8, 4) is 0 Å². The number of carbonyl (C=O) groups excluding carboxylic acids is 1. The number of fused-ring (bicyclic) bond motifs is 1. The monoisotopic (exact) mass is 492 g/mol. The van der Waals surface area contributed by atoms with Crippen LogP contribution in [0.5, 0.6) is 0 Å². The molecule has 194 valence electrons. The molecule has 2 aromatic rings. The summed E-state index contributed by atoms with van der Waals surface area (Å²) in [6.45, 7) is 11.2. The van der Waals surface area contributed by atoms with E-state index in [1.807, 2.05) is 13.0 Å². The molecule has 36 heavy (non-hydrogen) atoms. The SMILES string of the molecule is CCN1CCC(C(C)/C=C\C(=NC)Nc2ncc3c(C)c(C(C)=O)c(=O)n(C4CCCC4)c3n2)CC1. The second-order valence-electron chi connectivity index (χ2n) is 10.3. The molecule has 2 aliphatic rings. The minimum absolute atomic E-state index is 0.0561. The highest BCUT2D eigenvalue weighted by molar-refractivity contribution is 6.03. The third-order valence-electron chi connectivity index (χ3n) is 8.11. The van der Waals surface area contributed by atoms with Gasteiger partial charge in [-0.1, -0.05) is 32.8 Å². The van der Waals surface area contributed by atoms with Crippen molar-refractivity contribution in [1.29, 1.82) is 0 Å². The van der Waals surface area contributed by atoms with Crippen LogP contribution in [-0.2, 0) is 0 Å². The predicted octanol–water partition coefficient (Wildman–Crippen LogP) is 4.78. The summed E-state index contributed by atoms with van der Waals surface area (Å²) in [6, 6.07) is 0.0561. The second kappa shape index (κ2) is 11.5. The second-order valence-corrected chi connectivity index (χ2v) is 10.3. The fraction of sp³-hybridized carbons (Fsp3) is 0.607. The minimum atomic E-state index is -0.240. The third kappa shape index (κ3) is 5.43. The molecule has 1 aliphatic heterocycles. The average molecular weight is 493 g/mol. The van der Waals surface area contributed by atoms with Gasteiger partial charge >= 0.3 is 0 Å². The number of rotatable bonds is 7. The van der Waals surface area contributed by atoms with E-state index >= 15 is 0 Å². The quantitative estimate of drug-likeness (QED) is 0.340. The van der Waals surface area contributed by atoms with Crippen molar-refractivity contribution in [1.82, 2.24) is 19.4 Å². The van der Waals surface area contributed by atoms with Gasteiger partial charge in [0.05, 0.1) is 5.56 Å². The van der Waals surface area contributed by atoms with Gasteiger partial charge < -0.3 is 10.2 Å². The number of likely N-dealkylation sites (tertiary alicyclic amines) is 1. The summed E-state index contributed by atoms with van der Waals surface area (Å²) in [5, 5.41) is 3.99. The van der Waals surface area contributed by atoms with Crippen LogP contribution in [0.25, 0.3) is 11.0 Å². The van der Waals surface area contributed by atoms with Gasteiger partial charge in [0, 0.05) is 24.7 Å². The number of aliphatic imine (C=N–C) groups is 1. The van der Waals surface area contributed by atoms with E-state index in [0.717, 1.165) is 37.6 Å². The molecule has 8 heteroatoms. The van der Waals surface area contributed by atoms with E-state index in [9.17, 15) is 9.59 Å². The van der Waals surface area contributed by atoms with E-state index < -0.39 is 0 Å². The fourth-order valence-electron chi connectivity index (χ4n) is 5.79. The van der Waals surface area contributed by atoms with Crippen molar-refractivity contribution >= 4 is 28.6 Å². The number of nitrogens with one attached hydrogen (secondary N) is 1. The Kier molecular flexibility index (Phi) is 8.34. The minimum Gasteiger partial charge on any atom is -0.309 e. The first-order valence-corrected chi connectivity index (χ1v) is 13.4. The first kappa shape index (κ1) is 26.2. The molecule has 0 aromatic carbocycles. The molecule has 4 rings (SSSR count). The molecule has 1 saturated carbocycles. The summed E-state index contributed by atoms with van der Waals surface area (Å²) >= 11 is 0. The Labute approximate surface area is 213 Å². The number of hydrogen-bond donors (Lipinski definition) is 1. The molecule has 3 heterocycles. The van der Waals surface area contributed by atoms with Gasteiger partial charge in [0.25, 0.3) is 5.56 Å². The molecule has 0 spiro atoms. The summed E-state index contributed by atoms with van der Waals surface area (Å²) in [4.78, 5) is 41.9. The number of aryl methyl sites for hydroxylation is 1. The first-order chi connectivity index (χ1) is 17.3. The van der Waals surface area contributed by atoms with Crippen molar-refractivity contribution in [2.45, 2.75) is 72.3 Å². The van der Waals surface area contributed by atoms with Crippen molar-refractivity contribution in [2.75, 3.05) is 32.0 Å². The highest BCUT2D eigenvalue weighted by Crippen LogP contribution is 2.32. The van der Waals surface area contributed by atoms with Crippen molar-refractivity contribution in [3.63, 3.8) is 0 Å². The van der Waals surface area contributed by atoms with Crippen LogP contribution in [0.4, 0.5) is 5.95 Å². The predicted molar refractivity (Wildman–Crippen MR) is 146 cm³/mol. The molecule has 1 N–H and O–H groups in total. The molecule has 0 bridgehead atoms. The lowest BCUT2D eigenvalue weighted by atomic mass is 9.85. The average Bonchev–Trinajstić information content (AvgIpc) is 3.40. The van der Waals surface area contributed by atoms with Crippen LogP contribution in [0.3, 0.4) is 0 Å². The molecule has 1 atom stereocenters. The lowest BCUT2D eigenvalue weighted by Gasteiger charge is -2.33. The Morgan fingerprint density at radius 2 is 1.94 bits per heavy atom. The number of ketones is 1. The van der Waals surface area contributed by atoms with Crippen LogP contribution in [-0.4, -0.2) is 57.7 Å². The van der Waals surface area contributed by atoms with Gasteiger partial charge in [-0.15, -0.1) is 0 Å². The van der Waals surface area contributed by atoms with Crippen LogP contribution in [0.1, 0.15) is 81.3 Å². The molecular formula is C28H40N6O2. The van der Waals surface area contributed by atoms with Gasteiger partial charge in [-0.2, -0.15) is 4.98 Å². The van der Waals surface area contributed by atoms with Crippen molar-refractivity contribution in [3.05, 3.63) is 39.8 Å². The maximum atomic E-state index is 13.4. The number of hydrogen-bond acceptors (Lipinski definition) is 6. The van der Waals surface area contributed by atoms with Crippen LogP contribution in [0, 0.1) is 18.8 Å². The van der Waals surface area contributed by atoms with E-state index in [1.54, 1.807) is 17.8 Å². The number of nitrogens with zero attached hydrogens (tertiary/aromatic N) is 5. The van der Waals surface area contributed by atoms with Crippen molar-refractivity contribution < 1.29 is 4.79 Å². The van der Waals surface area contributed by atoms with E-state index in [-0.39, 0.29) is 22.9 Å². The number of aromatic nitrogens is 3. The van der Waals surface area contributed by atoms with E-state index in [2.05, 4.69) is 40.1 Å². The lowest BCUT2D eigenvalue weighted by molar-refractivity contribution is 0.101. The standard InChI is InChI=1S/C28H40N6O2/c1-6-33-15-13-21(14-16-33)18(2)11-12-24(29-5)31-28-30-17-23-19(3)25(20(4)35)27(36)34(26(23)32-28)22-9-7-8-10-22/h11-12,17-18,21-22H,6-10,13-16H2,1-5H3,(H,29,30,31,32)/b12-11-. The maximum absolute atomic E-state index is 13.4. The fourth-order valence-corrected chi connectivity index (χ4v) is 5.79. The number of Topliss-reactive ketones (excluding diaryl/α,β-unsaturated/α-hetero) is 1. The molecule has 0 amide bonds. The number of piperidine rings is 1. The highest BCUT2D eigenvalue weighted by atomic mass is 16.1. The Hall–Kier alpha value is -2.87. The molecule has 8 nitrogen and oxygen atoms in total. The molecule has 1 saturated heterocycles. The van der Waals surface area contributed by atoms with E-state index in [4.69, 9.17) is 4.98 Å².